The second-order valence-corrected chi connectivity index (χ2v) is 5.27. The van der Waals surface area contributed by atoms with E-state index in [1.54, 1.807) is 11.0 Å². The van der Waals surface area contributed by atoms with Gasteiger partial charge in [0, 0.05) is 24.3 Å². The monoisotopic (exact) mass is 284 g/mol. The van der Waals surface area contributed by atoms with Crippen molar-refractivity contribution in [2.75, 3.05) is 17.2 Å². The van der Waals surface area contributed by atoms with Crippen molar-refractivity contribution >= 4 is 17.3 Å². The lowest BCUT2D eigenvalue weighted by Gasteiger charge is -2.17. The highest BCUT2D eigenvalue weighted by Crippen LogP contribution is 2.29. The van der Waals surface area contributed by atoms with Crippen LogP contribution >= 0.6 is 0 Å². The van der Waals surface area contributed by atoms with Crippen LogP contribution in [0, 0.1) is 5.82 Å². The van der Waals surface area contributed by atoms with Crippen LogP contribution in [0.2, 0.25) is 0 Å². The maximum Gasteiger partial charge on any atom is 0.227 e. The third-order valence-corrected chi connectivity index (χ3v) is 3.91. The van der Waals surface area contributed by atoms with Gasteiger partial charge in [0.1, 0.15) is 5.82 Å². The van der Waals surface area contributed by atoms with Gasteiger partial charge in [0.2, 0.25) is 5.91 Å². The fraction of sp³-hybridized carbons (Fsp3) is 0.235. The molecule has 4 heteroatoms. The van der Waals surface area contributed by atoms with Crippen LogP contribution in [0.25, 0.3) is 0 Å². The van der Waals surface area contributed by atoms with Crippen molar-refractivity contribution in [3.8, 4) is 0 Å². The maximum atomic E-state index is 13.3. The molecule has 0 spiro atoms. The number of anilines is 2. The Labute approximate surface area is 123 Å². The van der Waals surface area contributed by atoms with Gasteiger partial charge in [-0.3, -0.25) is 4.79 Å². The average Bonchev–Trinajstić information content (AvgIpc) is 2.89. The highest BCUT2D eigenvalue weighted by Gasteiger charge is 2.24. The van der Waals surface area contributed by atoms with Gasteiger partial charge >= 0.3 is 0 Å². The van der Waals surface area contributed by atoms with Crippen LogP contribution in [0.3, 0.4) is 0 Å². The molecule has 0 saturated heterocycles. The second-order valence-electron chi connectivity index (χ2n) is 5.27. The Morgan fingerprint density at radius 3 is 2.86 bits per heavy atom. The molecule has 0 fully saturated rings. The highest BCUT2D eigenvalue weighted by molar-refractivity contribution is 5.95. The molecule has 0 saturated carbocycles. The minimum Gasteiger partial charge on any atom is -0.399 e. The summed E-state index contributed by atoms with van der Waals surface area (Å²) >= 11 is 0. The van der Waals surface area contributed by atoms with Crippen LogP contribution in [0.15, 0.2) is 42.5 Å². The molecule has 0 bridgehead atoms. The number of benzene rings is 2. The molecule has 3 nitrogen and oxygen atoms in total. The first-order chi connectivity index (χ1) is 10.1. The van der Waals surface area contributed by atoms with Gasteiger partial charge in [-0.25, -0.2) is 4.39 Å². The average molecular weight is 284 g/mol. The van der Waals surface area contributed by atoms with Crippen LogP contribution in [-0.4, -0.2) is 12.5 Å². The lowest BCUT2D eigenvalue weighted by atomic mass is 10.1. The Morgan fingerprint density at radius 1 is 1.24 bits per heavy atom. The molecule has 1 amide bonds. The van der Waals surface area contributed by atoms with Gasteiger partial charge in [-0.15, -0.1) is 0 Å². The van der Waals surface area contributed by atoms with Crippen molar-refractivity contribution < 1.29 is 9.18 Å². The summed E-state index contributed by atoms with van der Waals surface area (Å²) in [6.45, 7) is 0.627. The Bertz CT molecular complexity index is 684. The van der Waals surface area contributed by atoms with E-state index in [2.05, 4.69) is 0 Å². The quantitative estimate of drug-likeness (QED) is 0.881. The number of rotatable bonds is 3. The van der Waals surface area contributed by atoms with Crippen LogP contribution in [0.4, 0.5) is 15.8 Å². The number of aryl methyl sites for hydroxylation is 1. The molecule has 2 aromatic rings. The van der Waals surface area contributed by atoms with Crippen molar-refractivity contribution in [3.63, 3.8) is 0 Å². The van der Waals surface area contributed by atoms with E-state index in [0.29, 0.717) is 30.8 Å². The van der Waals surface area contributed by atoms with Crippen molar-refractivity contribution in [1.29, 1.82) is 0 Å². The molecular weight excluding hydrogens is 267 g/mol. The molecule has 0 atom stereocenters. The number of hydrogen-bond donors (Lipinski definition) is 1. The summed E-state index contributed by atoms with van der Waals surface area (Å²) in [4.78, 5) is 14.0. The first kappa shape index (κ1) is 13.6. The second kappa shape index (κ2) is 5.56. The third kappa shape index (κ3) is 2.75. The number of nitrogens with zero attached hydrogens (tertiary/aromatic N) is 1. The summed E-state index contributed by atoms with van der Waals surface area (Å²) in [5, 5.41) is 0. The third-order valence-electron chi connectivity index (χ3n) is 3.91. The predicted octanol–water partition coefficient (Wildman–Crippen LogP) is 2.93. The van der Waals surface area contributed by atoms with Gasteiger partial charge < -0.3 is 10.6 Å². The molecule has 2 aromatic carbocycles. The Balaban J connectivity index is 1.71. The molecule has 0 aromatic heterocycles. The molecule has 1 heterocycles. The van der Waals surface area contributed by atoms with Crippen molar-refractivity contribution in [1.82, 2.24) is 0 Å². The lowest BCUT2D eigenvalue weighted by molar-refractivity contribution is -0.118. The molecule has 3 rings (SSSR count). The van der Waals surface area contributed by atoms with Gasteiger partial charge in [-0.1, -0.05) is 24.3 Å². The minimum atomic E-state index is -0.305. The molecular formula is C17H17FN2O. The normalized spacial score (nSPS) is 13.3. The molecule has 1 aliphatic heterocycles. The summed E-state index contributed by atoms with van der Waals surface area (Å²) in [5.74, 6) is -0.289. The fourth-order valence-electron chi connectivity index (χ4n) is 2.75. The van der Waals surface area contributed by atoms with E-state index >= 15 is 0 Å². The van der Waals surface area contributed by atoms with E-state index in [4.69, 9.17) is 5.73 Å². The van der Waals surface area contributed by atoms with E-state index in [1.165, 1.54) is 12.1 Å². The fourth-order valence-corrected chi connectivity index (χ4v) is 2.75. The number of nitrogen functional groups attached to an aromatic ring is 1. The summed E-state index contributed by atoms with van der Waals surface area (Å²) in [6.07, 6.45) is 1.77. The molecule has 0 radical (unpaired) electrons. The Morgan fingerprint density at radius 2 is 2.05 bits per heavy atom. The van der Waals surface area contributed by atoms with Gasteiger partial charge in [0.05, 0.1) is 0 Å². The minimum absolute atomic E-state index is 0.0163. The molecule has 2 N–H and O–H groups in total. The Hall–Kier alpha value is -2.36. The number of carbonyl (C=O) groups is 1. The number of hydrogen-bond acceptors (Lipinski definition) is 2. The van der Waals surface area contributed by atoms with Crippen molar-refractivity contribution in [2.24, 2.45) is 0 Å². The SMILES string of the molecule is Nc1ccccc1CCC(=O)N1CCc2ccc(F)cc21. The van der Waals surface area contributed by atoms with Crippen LogP contribution in [0.5, 0.6) is 0 Å². The summed E-state index contributed by atoms with van der Waals surface area (Å²) in [6, 6.07) is 12.2. The molecule has 0 aliphatic carbocycles. The maximum absolute atomic E-state index is 13.3. The van der Waals surface area contributed by atoms with Gasteiger partial charge in [-0.2, -0.15) is 0 Å². The first-order valence-electron chi connectivity index (χ1n) is 7.07. The summed E-state index contributed by atoms with van der Waals surface area (Å²) < 4.78 is 13.3. The van der Waals surface area contributed by atoms with E-state index in [1.807, 2.05) is 24.3 Å². The molecule has 21 heavy (non-hydrogen) atoms. The van der Waals surface area contributed by atoms with E-state index in [-0.39, 0.29) is 11.7 Å². The van der Waals surface area contributed by atoms with Crippen molar-refractivity contribution in [3.05, 3.63) is 59.4 Å². The number of para-hydroxylation sites is 1. The topological polar surface area (TPSA) is 46.3 Å². The van der Waals surface area contributed by atoms with E-state index < -0.39 is 0 Å². The summed E-state index contributed by atoms with van der Waals surface area (Å²) in [7, 11) is 0. The number of nitrogens with two attached hydrogens (primary N) is 1. The first-order valence-corrected chi connectivity index (χ1v) is 7.07. The van der Waals surface area contributed by atoms with Gasteiger partial charge in [0.15, 0.2) is 0 Å². The largest absolute Gasteiger partial charge is 0.399 e. The van der Waals surface area contributed by atoms with Crippen LogP contribution in [0.1, 0.15) is 17.5 Å². The van der Waals surface area contributed by atoms with Gasteiger partial charge in [-0.05, 0) is 42.2 Å². The highest BCUT2D eigenvalue weighted by atomic mass is 19.1. The molecule has 108 valence electrons. The van der Waals surface area contributed by atoms with Crippen LogP contribution < -0.4 is 10.6 Å². The van der Waals surface area contributed by atoms with Crippen molar-refractivity contribution in [2.45, 2.75) is 19.3 Å². The number of halogens is 1. The Kier molecular flexibility index (Phi) is 3.60. The number of amides is 1. The zero-order valence-electron chi connectivity index (χ0n) is 11.7. The smallest absolute Gasteiger partial charge is 0.227 e. The summed E-state index contributed by atoms with van der Waals surface area (Å²) in [5.41, 5.74) is 9.31. The van der Waals surface area contributed by atoms with Gasteiger partial charge in [0.25, 0.3) is 0 Å². The standard InChI is InChI=1S/C17H17FN2O/c18-14-7-5-13-9-10-20(16(13)11-14)17(21)8-6-12-3-1-2-4-15(12)19/h1-5,7,11H,6,8-10,19H2. The predicted molar refractivity (Wildman–Crippen MR) is 81.6 cm³/mol. The number of fused-ring (bicyclic) bond motifs is 1. The zero-order valence-corrected chi connectivity index (χ0v) is 11.7. The van der Waals surface area contributed by atoms with Crippen LogP contribution in [-0.2, 0) is 17.6 Å². The lowest BCUT2D eigenvalue weighted by Crippen LogP contribution is -2.29. The molecule has 1 aliphatic rings. The molecule has 0 unspecified atom stereocenters. The van der Waals surface area contributed by atoms with E-state index in [9.17, 15) is 9.18 Å². The number of carbonyl (C=O) groups excluding carboxylic acids is 1. The van der Waals surface area contributed by atoms with E-state index in [0.717, 1.165) is 17.5 Å². The zero-order chi connectivity index (χ0) is 14.8.